The molecule has 0 aliphatic carbocycles. The maximum absolute atomic E-state index is 13.0. The Kier molecular flexibility index (Phi) is 5.86. The summed E-state index contributed by atoms with van der Waals surface area (Å²) in [6.45, 7) is 0. The highest BCUT2D eigenvalue weighted by Gasteiger charge is 2.43. The number of nitrogens with zero attached hydrogens (tertiary/aromatic N) is 2. The lowest BCUT2D eigenvalue weighted by molar-refractivity contribution is -0.226. The SMILES string of the molecule is NC(=O)C(Cc1ccccc1)C(=O)N(O)C1(Oc2ccccc2)C=CN=CC1. The Labute approximate surface area is 162 Å². The molecule has 144 valence electrons. The van der Waals surface area contributed by atoms with Gasteiger partial charge in [-0.25, -0.2) is 0 Å². The van der Waals surface area contributed by atoms with Crippen molar-refractivity contribution in [3.63, 3.8) is 0 Å². The normalized spacial score (nSPS) is 19.0. The van der Waals surface area contributed by atoms with Gasteiger partial charge in [-0.1, -0.05) is 48.5 Å². The van der Waals surface area contributed by atoms with Gasteiger partial charge in [0.1, 0.15) is 11.7 Å². The molecule has 28 heavy (non-hydrogen) atoms. The van der Waals surface area contributed by atoms with E-state index in [-0.39, 0.29) is 12.8 Å². The summed E-state index contributed by atoms with van der Waals surface area (Å²) in [7, 11) is 0. The lowest BCUT2D eigenvalue weighted by Crippen LogP contribution is -2.57. The molecule has 0 saturated carbocycles. The fourth-order valence-electron chi connectivity index (χ4n) is 2.93. The van der Waals surface area contributed by atoms with Gasteiger partial charge in [0.15, 0.2) is 0 Å². The van der Waals surface area contributed by atoms with Crippen LogP contribution in [0.3, 0.4) is 0 Å². The summed E-state index contributed by atoms with van der Waals surface area (Å²) < 4.78 is 5.93. The fraction of sp³-hybridized carbons (Fsp3) is 0.190. The van der Waals surface area contributed by atoms with E-state index < -0.39 is 23.5 Å². The zero-order chi connectivity index (χ0) is 20.0. The van der Waals surface area contributed by atoms with Gasteiger partial charge in [0.05, 0.1) is 0 Å². The molecular weight excluding hydrogens is 358 g/mol. The molecular formula is C21H21N3O4. The van der Waals surface area contributed by atoms with Crippen molar-refractivity contribution < 1.29 is 19.5 Å². The summed E-state index contributed by atoms with van der Waals surface area (Å²) >= 11 is 0. The number of para-hydroxylation sites is 1. The van der Waals surface area contributed by atoms with Gasteiger partial charge in [0.2, 0.25) is 11.6 Å². The lowest BCUT2D eigenvalue weighted by atomic mass is 9.96. The summed E-state index contributed by atoms with van der Waals surface area (Å²) in [6, 6.07) is 17.8. The molecule has 2 unspecified atom stereocenters. The molecule has 7 nitrogen and oxygen atoms in total. The minimum atomic E-state index is -1.52. The zero-order valence-electron chi connectivity index (χ0n) is 15.1. The van der Waals surface area contributed by atoms with Gasteiger partial charge in [-0.05, 0) is 24.1 Å². The molecule has 2 atom stereocenters. The monoisotopic (exact) mass is 379 g/mol. The number of amides is 2. The summed E-state index contributed by atoms with van der Waals surface area (Å²) in [6.07, 6.45) is 4.61. The molecule has 0 aromatic heterocycles. The van der Waals surface area contributed by atoms with E-state index in [1.54, 1.807) is 48.5 Å². The highest BCUT2D eigenvalue weighted by Crippen LogP contribution is 2.29. The number of benzene rings is 2. The van der Waals surface area contributed by atoms with Gasteiger partial charge in [-0.3, -0.25) is 19.8 Å². The van der Waals surface area contributed by atoms with Crippen molar-refractivity contribution in [1.29, 1.82) is 0 Å². The summed E-state index contributed by atoms with van der Waals surface area (Å²) in [5.74, 6) is -2.45. The predicted octanol–water partition coefficient (Wildman–Crippen LogP) is 2.31. The first-order chi connectivity index (χ1) is 13.5. The van der Waals surface area contributed by atoms with Gasteiger partial charge in [-0.15, -0.1) is 0 Å². The molecule has 0 saturated heterocycles. The number of ether oxygens (including phenoxy) is 1. The second-order valence-corrected chi connectivity index (χ2v) is 6.41. The smallest absolute Gasteiger partial charge is 0.262 e. The number of carbonyl (C=O) groups is 2. The molecule has 3 N–H and O–H groups in total. The largest absolute Gasteiger partial charge is 0.462 e. The van der Waals surface area contributed by atoms with Crippen LogP contribution in [0.5, 0.6) is 5.75 Å². The van der Waals surface area contributed by atoms with E-state index >= 15 is 0 Å². The van der Waals surface area contributed by atoms with Crippen LogP contribution >= 0.6 is 0 Å². The number of nitrogens with two attached hydrogens (primary N) is 1. The Morgan fingerprint density at radius 1 is 1.14 bits per heavy atom. The summed E-state index contributed by atoms with van der Waals surface area (Å²) in [5, 5.41) is 11.2. The average Bonchev–Trinajstić information content (AvgIpc) is 2.73. The van der Waals surface area contributed by atoms with Crippen LogP contribution < -0.4 is 10.5 Å². The molecule has 1 aliphatic rings. The molecule has 0 radical (unpaired) electrons. The van der Waals surface area contributed by atoms with E-state index in [2.05, 4.69) is 4.99 Å². The maximum Gasteiger partial charge on any atom is 0.262 e. The van der Waals surface area contributed by atoms with Crippen LogP contribution in [0.2, 0.25) is 0 Å². The van der Waals surface area contributed by atoms with Crippen molar-refractivity contribution >= 4 is 18.0 Å². The molecule has 7 heteroatoms. The van der Waals surface area contributed by atoms with Gasteiger partial charge in [-0.2, -0.15) is 5.06 Å². The molecule has 2 aromatic rings. The molecule has 1 aliphatic heterocycles. The first-order valence-corrected chi connectivity index (χ1v) is 8.81. The molecule has 1 heterocycles. The van der Waals surface area contributed by atoms with Crippen LogP contribution in [0, 0.1) is 5.92 Å². The third kappa shape index (κ3) is 4.27. The van der Waals surface area contributed by atoms with E-state index in [0.717, 1.165) is 5.56 Å². The van der Waals surface area contributed by atoms with Gasteiger partial charge in [0, 0.05) is 24.9 Å². The Bertz CT molecular complexity index is 883. The standard InChI is InChI=1S/C21H21N3O4/c22-19(25)18(15-16-7-3-1-4-8-16)20(26)24(27)21(11-13-23-14-12-21)28-17-9-5-2-6-10-17/h1-11,13-14,18,27H,12,15H2,(H2,22,25). The van der Waals surface area contributed by atoms with Crippen LogP contribution in [0.4, 0.5) is 0 Å². The zero-order valence-corrected chi connectivity index (χ0v) is 15.1. The summed E-state index contributed by atoms with van der Waals surface area (Å²) in [4.78, 5) is 29.0. The Morgan fingerprint density at radius 2 is 1.79 bits per heavy atom. The van der Waals surface area contributed by atoms with E-state index in [4.69, 9.17) is 10.5 Å². The van der Waals surface area contributed by atoms with Crippen molar-refractivity contribution in [3.05, 3.63) is 78.5 Å². The van der Waals surface area contributed by atoms with Crippen molar-refractivity contribution in [2.24, 2.45) is 16.6 Å². The number of rotatable bonds is 7. The number of primary amides is 1. The van der Waals surface area contributed by atoms with Crippen molar-refractivity contribution in [2.45, 2.75) is 18.6 Å². The molecule has 2 amide bonds. The van der Waals surface area contributed by atoms with Crippen molar-refractivity contribution in [2.75, 3.05) is 0 Å². The maximum atomic E-state index is 13.0. The number of hydroxylamine groups is 2. The predicted molar refractivity (Wildman–Crippen MR) is 104 cm³/mol. The highest BCUT2D eigenvalue weighted by molar-refractivity contribution is 5.99. The molecule has 0 spiro atoms. The molecule has 0 bridgehead atoms. The van der Waals surface area contributed by atoms with Gasteiger partial charge in [0.25, 0.3) is 5.91 Å². The minimum Gasteiger partial charge on any atom is -0.462 e. The first kappa shape index (κ1) is 19.3. The number of hydrogen-bond acceptors (Lipinski definition) is 5. The number of carbonyl (C=O) groups excluding carboxylic acids is 2. The third-order valence-corrected chi connectivity index (χ3v) is 4.44. The third-order valence-electron chi connectivity index (χ3n) is 4.44. The van der Waals surface area contributed by atoms with E-state index in [1.165, 1.54) is 18.5 Å². The van der Waals surface area contributed by atoms with Crippen LogP contribution in [0.25, 0.3) is 0 Å². The Hall–Kier alpha value is -3.45. The van der Waals surface area contributed by atoms with E-state index in [1.807, 2.05) is 12.1 Å². The fourth-order valence-corrected chi connectivity index (χ4v) is 2.93. The Morgan fingerprint density at radius 3 is 2.36 bits per heavy atom. The van der Waals surface area contributed by atoms with Crippen molar-refractivity contribution in [3.8, 4) is 5.75 Å². The highest BCUT2D eigenvalue weighted by atomic mass is 16.6. The van der Waals surface area contributed by atoms with Crippen molar-refractivity contribution in [1.82, 2.24) is 5.06 Å². The van der Waals surface area contributed by atoms with E-state index in [0.29, 0.717) is 10.8 Å². The van der Waals surface area contributed by atoms with Crippen LogP contribution in [-0.4, -0.2) is 34.0 Å². The number of aliphatic imine (C=N–C) groups is 1. The molecule has 3 rings (SSSR count). The molecule has 0 fully saturated rings. The molecule has 2 aromatic carbocycles. The summed E-state index contributed by atoms with van der Waals surface area (Å²) in [5.41, 5.74) is 4.70. The lowest BCUT2D eigenvalue weighted by Gasteiger charge is -2.38. The second-order valence-electron chi connectivity index (χ2n) is 6.41. The van der Waals surface area contributed by atoms with Gasteiger partial charge >= 0.3 is 0 Å². The van der Waals surface area contributed by atoms with Crippen LogP contribution in [-0.2, 0) is 16.0 Å². The number of hydrogen-bond donors (Lipinski definition) is 2. The van der Waals surface area contributed by atoms with Gasteiger partial charge < -0.3 is 10.5 Å². The minimum absolute atomic E-state index is 0.0747. The topological polar surface area (TPSA) is 105 Å². The first-order valence-electron chi connectivity index (χ1n) is 8.81. The second kappa shape index (κ2) is 8.49. The quantitative estimate of drug-likeness (QED) is 0.333. The Balaban J connectivity index is 1.87. The van der Waals surface area contributed by atoms with E-state index in [9.17, 15) is 14.8 Å². The van der Waals surface area contributed by atoms with Crippen LogP contribution in [0.15, 0.2) is 77.9 Å². The average molecular weight is 379 g/mol. The van der Waals surface area contributed by atoms with Crippen LogP contribution in [0.1, 0.15) is 12.0 Å².